The van der Waals surface area contributed by atoms with Crippen LogP contribution in [0.3, 0.4) is 0 Å². The van der Waals surface area contributed by atoms with Crippen molar-refractivity contribution < 1.29 is 9.53 Å². The Morgan fingerprint density at radius 1 is 1.21 bits per heavy atom. The third-order valence-electron chi connectivity index (χ3n) is 4.78. The zero-order chi connectivity index (χ0) is 19.8. The number of ether oxygens (including phenoxy) is 1. The fourth-order valence-electron chi connectivity index (χ4n) is 3.34. The zero-order valence-corrected chi connectivity index (χ0v) is 18.3. The lowest BCUT2D eigenvalue weighted by atomic mass is 10.1. The van der Waals surface area contributed by atoms with Gasteiger partial charge in [-0.3, -0.25) is 4.79 Å². The van der Waals surface area contributed by atoms with Crippen molar-refractivity contribution in [1.29, 1.82) is 0 Å². The topological polar surface area (TPSA) is 56.1 Å². The molecule has 4 rings (SSSR count). The molecule has 0 saturated heterocycles. The molecule has 0 aliphatic carbocycles. The van der Waals surface area contributed by atoms with Crippen LogP contribution in [-0.4, -0.2) is 22.8 Å². The van der Waals surface area contributed by atoms with Crippen LogP contribution in [0.2, 0.25) is 0 Å². The predicted molar refractivity (Wildman–Crippen MR) is 117 cm³/mol. The number of aromatic nitrogens is 2. The molecular weight excluding hydrogens is 438 g/mol. The molecule has 0 radical (unpaired) electrons. The Morgan fingerprint density at radius 2 is 2.04 bits per heavy atom. The molecule has 1 N–H and O–H groups in total. The maximum absolute atomic E-state index is 13.1. The first-order valence-electron chi connectivity index (χ1n) is 8.89. The van der Waals surface area contributed by atoms with Gasteiger partial charge in [-0.25, -0.2) is 4.68 Å². The van der Waals surface area contributed by atoms with Crippen molar-refractivity contribution in [2.75, 3.05) is 12.4 Å². The molecular formula is C21H20BrN3O2S. The quantitative estimate of drug-likeness (QED) is 0.580. The van der Waals surface area contributed by atoms with Gasteiger partial charge in [-0.2, -0.15) is 16.9 Å². The highest BCUT2D eigenvalue weighted by Crippen LogP contribution is 2.37. The highest BCUT2D eigenvalue weighted by molar-refractivity contribution is 9.10. The molecule has 1 aromatic heterocycles. The average molecular weight is 458 g/mol. The van der Waals surface area contributed by atoms with Gasteiger partial charge in [0.15, 0.2) is 0 Å². The largest absolute Gasteiger partial charge is 0.497 e. The lowest BCUT2D eigenvalue weighted by molar-refractivity contribution is 0.102. The second-order valence-corrected chi connectivity index (χ2v) is 8.61. The first kappa shape index (κ1) is 19.1. The summed E-state index contributed by atoms with van der Waals surface area (Å²) in [7, 11) is 1.59. The summed E-state index contributed by atoms with van der Waals surface area (Å²) < 4.78 is 7.85. The number of hydrogen-bond acceptors (Lipinski definition) is 4. The number of nitrogens with zero attached hydrogens (tertiary/aromatic N) is 2. The molecule has 7 heteroatoms. The first-order chi connectivity index (χ1) is 13.5. The van der Waals surface area contributed by atoms with Crippen LogP contribution in [0.4, 0.5) is 5.82 Å². The maximum atomic E-state index is 13.1. The Hall–Kier alpha value is -2.25. The van der Waals surface area contributed by atoms with Gasteiger partial charge in [-0.15, -0.1) is 0 Å². The Labute approximate surface area is 176 Å². The second-order valence-electron chi connectivity index (χ2n) is 6.77. The van der Waals surface area contributed by atoms with Crippen LogP contribution >= 0.6 is 27.7 Å². The molecule has 144 valence electrons. The maximum Gasteiger partial charge on any atom is 0.258 e. The standard InChI is InChI=1S/C21H20BrN3O2S/c1-12-4-7-19(13(2)8-12)25-20(16-10-28-11-18(16)24-25)23-21(26)15-9-14(27-3)5-6-17(15)22/h4-9H,10-11H2,1-3H3,(H,23,26). The minimum absolute atomic E-state index is 0.198. The molecule has 2 aromatic carbocycles. The van der Waals surface area contributed by atoms with E-state index >= 15 is 0 Å². The fraction of sp³-hybridized carbons (Fsp3) is 0.238. The van der Waals surface area contributed by atoms with Crippen molar-refractivity contribution >= 4 is 39.4 Å². The van der Waals surface area contributed by atoms with Gasteiger partial charge in [-0.1, -0.05) is 17.7 Å². The minimum atomic E-state index is -0.198. The molecule has 2 heterocycles. The van der Waals surface area contributed by atoms with Crippen LogP contribution in [0, 0.1) is 13.8 Å². The van der Waals surface area contributed by atoms with E-state index in [0.29, 0.717) is 11.3 Å². The van der Waals surface area contributed by atoms with Gasteiger partial charge in [0.25, 0.3) is 5.91 Å². The number of thioether (sulfide) groups is 1. The van der Waals surface area contributed by atoms with Crippen LogP contribution in [-0.2, 0) is 11.5 Å². The van der Waals surface area contributed by atoms with E-state index in [1.54, 1.807) is 13.2 Å². The molecule has 28 heavy (non-hydrogen) atoms. The number of carbonyl (C=O) groups excluding carboxylic acids is 1. The van der Waals surface area contributed by atoms with Crippen molar-refractivity contribution in [2.24, 2.45) is 0 Å². The first-order valence-corrected chi connectivity index (χ1v) is 10.8. The summed E-state index contributed by atoms with van der Waals surface area (Å²) in [6.07, 6.45) is 0. The van der Waals surface area contributed by atoms with Crippen LogP contribution in [0.5, 0.6) is 5.75 Å². The number of methoxy groups -OCH3 is 1. The van der Waals surface area contributed by atoms with Crippen molar-refractivity contribution in [1.82, 2.24) is 9.78 Å². The highest BCUT2D eigenvalue weighted by Gasteiger charge is 2.26. The number of fused-ring (bicyclic) bond motifs is 1. The summed E-state index contributed by atoms with van der Waals surface area (Å²) in [4.78, 5) is 13.1. The van der Waals surface area contributed by atoms with Gasteiger partial charge >= 0.3 is 0 Å². The number of benzene rings is 2. The minimum Gasteiger partial charge on any atom is -0.497 e. The van der Waals surface area contributed by atoms with E-state index in [0.717, 1.165) is 44.3 Å². The predicted octanol–water partition coefficient (Wildman–Crippen LogP) is 5.26. The number of hydrogen-bond donors (Lipinski definition) is 1. The Bertz CT molecular complexity index is 1080. The molecule has 0 bridgehead atoms. The lowest BCUT2D eigenvalue weighted by Gasteiger charge is -2.14. The monoisotopic (exact) mass is 457 g/mol. The number of anilines is 1. The van der Waals surface area contributed by atoms with Crippen LogP contribution in [0.15, 0.2) is 40.9 Å². The average Bonchev–Trinajstić information content (AvgIpc) is 3.25. The Balaban J connectivity index is 1.77. The van der Waals surface area contributed by atoms with Gasteiger partial charge in [-0.05, 0) is 59.6 Å². The lowest BCUT2D eigenvalue weighted by Crippen LogP contribution is -2.17. The third kappa shape index (κ3) is 3.44. The molecule has 0 fully saturated rings. The molecule has 1 amide bonds. The Morgan fingerprint density at radius 3 is 2.79 bits per heavy atom. The molecule has 3 aromatic rings. The van der Waals surface area contributed by atoms with Crippen molar-refractivity contribution in [3.63, 3.8) is 0 Å². The normalized spacial score (nSPS) is 12.7. The number of halogens is 1. The van der Waals surface area contributed by atoms with E-state index in [2.05, 4.69) is 53.3 Å². The molecule has 0 saturated carbocycles. The van der Waals surface area contributed by atoms with Gasteiger partial charge in [0.05, 0.1) is 24.1 Å². The van der Waals surface area contributed by atoms with Gasteiger partial charge in [0.1, 0.15) is 11.6 Å². The number of nitrogens with one attached hydrogen (secondary N) is 1. The number of carbonyl (C=O) groups is 1. The van der Waals surface area contributed by atoms with E-state index in [-0.39, 0.29) is 5.91 Å². The van der Waals surface area contributed by atoms with Crippen LogP contribution < -0.4 is 10.1 Å². The number of aryl methyl sites for hydroxylation is 2. The summed E-state index contributed by atoms with van der Waals surface area (Å²) in [6.45, 7) is 4.13. The summed E-state index contributed by atoms with van der Waals surface area (Å²) in [5, 5.41) is 7.90. The molecule has 0 atom stereocenters. The van der Waals surface area contributed by atoms with Gasteiger partial charge in [0.2, 0.25) is 0 Å². The summed E-state index contributed by atoms with van der Waals surface area (Å²) in [5.74, 6) is 2.88. The number of rotatable bonds is 4. The number of amides is 1. The molecule has 0 spiro atoms. The molecule has 5 nitrogen and oxygen atoms in total. The van der Waals surface area contributed by atoms with E-state index in [1.165, 1.54) is 5.56 Å². The SMILES string of the molecule is COc1ccc(Br)c(C(=O)Nc2c3c(nn2-c2ccc(C)cc2C)CSC3)c1. The summed E-state index contributed by atoms with van der Waals surface area (Å²) in [6, 6.07) is 11.6. The van der Waals surface area contributed by atoms with Crippen molar-refractivity contribution in [3.8, 4) is 11.4 Å². The van der Waals surface area contributed by atoms with Crippen LogP contribution in [0.1, 0.15) is 32.7 Å². The van der Waals surface area contributed by atoms with E-state index in [4.69, 9.17) is 9.84 Å². The summed E-state index contributed by atoms with van der Waals surface area (Å²) >= 11 is 5.28. The second kappa shape index (κ2) is 7.64. The van der Waals surface area contributed by atoms with E-state index in [9.17, 15) is 4.79 Å². The fourth-order valence-corrected chi connectivity index (χ4v) is 4.80. The Kier molecular flexibility index (Phi) is 5.21. The van der Waals surface area contributed by atoms with Crippen molar-refractivity contribution in [2.45, 2.75) is 25.4 Å². The molecule has 0 unspecified atom stereocenters. The zero-order valence-electron chi connectivity index (χ0n) is 15.9. The third-order valence-corrected chi connectivity index (χ3v) is 6.44. The molecule has 1 aliphatic heterocycles. The van der Waals surface area contributed by atoms with Gasteiger partial charge < -0.3 is 10.1 Å². The molecule has 1 aliphatic rings. The summed E-state index contributed by atoms with van der Waals surface area (Å²) in [5.41, 5.74) is 5.94. The van der Waals surface area contributed by atoms with Crippen molar-refractivity contribution in [3.05, 3.63) is 68.8 Å². The van der Waals surface area contributed by atoms with Gasteiger partial charge in [0, 0.05) is 21.5 Å². The van der Waals surface area contributed by atoms with E-state index < -0.39 is 0 Å². The highest BCUT2D eigenvalue weighted by atomic mass is 79.9. The smallest absolute Gasteiger partial charge is 0.258 e. The van der Waals surface area contributed by atoms with E-state index in [1.807, 2.05) is 28.6 Å². The van der Waals surface area contributed by atoms with Crippen LogP contribution in [0.25, 0.3) is 5.69 Å².